The van der Waals surface area contributed by atoms with Crippen molar-refractivity contribution >= 4 is 35.0 Å². The van der Waals surface area contributed by atoms with Crippen LogP contribution in [0.1, 0.15) is 34.8 Å². The van der Waals surface area contributed by atoms with Gasteiger partial charge in [-0.1, -0.05) is 31.2 Å². The van der Waals surface area contributed by atoms with Crippen LogP contribution in [0.3, 0.4) is 0 Å². The summed E-state index contributed by atoms with van der Waals surface area (Å²) in [6.45, 7) is 5.90. The van der Waals surface area contributed by atoms with E-state index in [1.165, 1.54) is 7.11 Å². The Morgan fingerprint density at radius 2 is 1.59 bits per heavy atom. The Kier molecular flexibility index (Phi) is 10.3. The minimum absolute atomic E-state index is 0.0484. The second-order valence-corrected chi connectivity index (χ2v) is 9.26. The molecule has 0 aliphatic carbocycles. The van der Waals surface area contributed by atoms with Crippen molar-refractivity contribution in [3.05, 3.63) is 83.4 Å². The molecule has 3 amide bonds. The van der Waals surface area contributed by atoms with E-state index in [0.717, 1.165) is 29.8 Å². The molecule has 3 N–H and O–H groups in total. The minimum atomic E-state index is -0.958. The van der Waals surface area contributed by atoms with Gasteiger partial charge in [0.1, 0.15) is 5.75 Å². The summed E-state index contributed by atoms with van der Waals surface area (Å²) >= 11 is 0. The van der Waals surface area contributed by atoms with Crippen LogP contribution in [-0.2, 0) is 11.2 Å². The Balaban J connectivity index is 1.58. The Morgan fingerprint density at radius 3 is 2.23 bits per heavy atom. The number of aryl methyl sites for hydroxylation is 1. The maximum Gasteiger partial charge on any atom is 0.335 e. The number of amides is 3. The predicted molar refractivity (Wildman–Crippen MR) is 154 cm³/mol. The van der Waals surface area contributed by atoms with Crippen LogP contribution >= 0.6 is 0 Å². The lowest BCUT2D eigenvalue weighted by Crippen LogP contribution is -2.37. The molecule has 0 saturated heterocycles. The molecule has 3 rings (SSSR count). The molecule has 3 aromatic carbocycles. The first-order chi connectivity index (χ1) is 18.7. The largest absolute Gasteiger partial charge is 0.495 e. The van der Waals surface area contributed by atoms with Crippen LogP contribution in [0.15, 0.2) is 66.7 Å². The highest BCUT2D eigenvalue weighted by Gasteiger charge is 2.15. The van der Waals surface area contributed by atoms with E-state index in [9.17, 15) is 14.4 Å². The van der Waals surface area contributed by atoms with Gasteiger partial charge in [-0.05, 0) is 66.9 Å². The van der Waals surface area contributed by atoms with Crippen molar-refractivity contribution in [2.24, 2.45) is 0 Å². The van der Waals surface area contributed by atoms with E-state index in [1.54, 1.807) is 54.4 Å². The number of nitrogens with zero attached hydrogens (tertiary/aromatic N) is 2. The molecule has 0 unspecified atom stereocenters. The zero-order valence-corrected chi connectivity index (χ0v) is 22.9. The molecule has 0 aromatic heterocycles. The summed E-state index contributed by atoms with van der Waals surface area (Å²) in [5.41, 5.74) is 4.09. The normalized spacial score (nSPS) is 10.5. The van der Waals surface area contributed by atoms with Crippen molar-refractivity contribution in [1.29, 1.82) is 0 Å². The molecule has 0 aliphatic heterocycles. The van der Waals surface area contributed by atoms with Gasteiger partial charge in [-0.3, -0.25) is 4.79 Å². The number of hydrogen-bond acceptors (Lipinski definition) is 5. The first-order valence-corrected chi connectivity index (χ1v) is 12.8. The van der Waals surface area contributed by atoms with E-state index in [4.69, 9.17) is 9.84 Å². The molecule has 0 saturated carbocycles. The van der Waals surface area contributed by atoms with Crippen LogP contribution in [-0.4, -0.2) is 61.7 Å². The van der Waals surface area contributed by atoms with Crippen molar-refractivity contribution in [2.45, 2.75) is 26.7 Å². The minimum Gasteiger partial charge on any atom is -0.495 e. The maximum atomic E-state index is 13.0. The number of hydrogen-bond donors (Lipinski definition) is 3. The molecule has 9 heteroatoms. The number of rotatable bonds is 12. The van der Waals surface area contributed by atoms with Gasteiger partial charge in [0.15, 0.2) is 0 Å². The third-order valence-corrected chi connectivity index (χ3v) is 6.37. The summed E-state index contributed by atoms with van der Waals surface area (Å²) < 4.78 is 5.47. The Morgan fingerprint density at radius 1 is 0.897 bits per heavy atom. The number of para-hydroxylation sites is 1. The van der Waals surface area contributed by atoms with E-state index in [-0.39, 0.29) is 23.9 Å². The Hall–Kier alpha value is -4.53. The Labute approximate surface area is 229 Å². The number of aromatic carboxylic acids is 1. The van der Waals surface area contributed by atoms with Crippen LogP contribution in [0, 0.1) is 6.92 Å². The fourth-order valence-electron chi connectivity index (χ4n) is 4.10. The second kappa shape index (κ2) is 13.9. The van der Waals surface area contributed by atoms with Gasteiger partial charge in [0, 0.05) is 38.1 Å². The van der Waals surface area contributed by atoms with Gasteiger partial charge in [0.25, 0.3) is 0 Å². The monoisotopic (exact) mass is 532 g/mol. The number of carbonyl (C=O) groups is 3. The molecule has 39 heavy (non-hydrogen) atoms. The van der Waals surface area contributed by atoms with Crippen LogP contribution in [0.4, 0.5) is 21.9 Å². The van der Waals surface area contributed by atoms with Gasteiger partial charge in [0.2, 0.25) is 5.91 Å². The third kappa shape index (κ3) is 8.23. The van der Waals surface area contributed by atoms with Crippen molar-refractivity contribution in [2.75, 3.05) is 49.3 Å². The molecule has 206 valence electrons. The zero-order valence-electron chi connectivity index (χ0n) is 22.9. The molecule has 9 nitrogen and oxygen atoms in total. The predicted octanol–water partition coefficient (Wildman–Crippen LogP) is 5.26. The molecule has 0 bridgehead atoms. The highest BCUT2D eigenvalue weighted by molar-refractivity contribution is 6.01. The number of carbonyl (C=O) groups excluding carboxylic acids is 2. The van der Waals surface area contributed by atoms with E-state index in [2.05, 4.69) is 22.5 Å². The fraction of sp³-hybridized carbons (Fsp3) is 0.300. The first-order valence-electron chi connectivity index (χ1n) is 12.8. The van der Waals surface area contributed by atoms with Crippen molar-refractivity contribution in [1.82, 2.24) is 4.90 Å². The smallest absolute Gasteiger partial charge is 0.335 e. The van der Waals surface area contributed by atoms with Gasteiger partial charge in [-0.2, -0.15) is 0 Å². The molecular formula is C30H36N4O5. The average Bonchev–Trinajstić information content (AvgIpc) is 2.92. The lowest BCUT2D eigenvalue weighted by atomic mass is 10.1. The van der Waals surface area contributed by atoms with Gasteiger partial charge in [-0.25, -0.2) is 9.59 Å². The number of ether oxygens (including phenoxy) is 1. The second-order valence-electron chi connectivity index (χ2n) is 9.26. The standard InChI is InChI=1S/C30H36N4O5/c1-5-16-34(24-13-11-23(12-14-24)29(36)37)18-17-33(3)28(35)20-22-10-15-26(27(19-22)39-4)32-30(38)31-25-9-7-6-8-21(25)2/h6-15,19H,5,16-18,20H2,1-4H3,(H,36,37)(H2,31,32,38). The van der Waals surface area contributed by atoms with Gasteiger partial charge in [-0.15, -0.1) is 0 Å². The highest BCUT2D eigenvalue weighted by Crippen LogP contribution is 2.26. The van der Waals surface area contributed by atoms with Crippen LogP contribution in [0.25, 0.3) is 0 Å². The lowest BCUT2D eigenvalue weighted by Gasteiger charge is -2.27. The summed E-state index contributed by atoms with van der Waals surface area (Å²) in [7, 11) is 3.28. The van der Waals surface area contributed by atoms with E-state index < -0.39 is 5.97 Å². The average molecular weight is 533 g/mol. The van der Waals surface area contributed by atoms with Crippen LogP contribution in [0.2, 0.25) is 0 Å². The molecule has 0 aliphatic rings. The molecule has 0 radical (unpaired) electrons. The van der Waals surface area contributed by atoms with E-state index in [1.807, 2.05) is 31.2 Å². The summed E-state index contributed by atoms with van der Waals surface area (Å²) in [6, 6.07) is 19.2. The van der Waals surface area contributed by atoms with Gasteiger partial charge in [0.05, 0.1) is 24.8 Å². The van der Waals surface area contributed by atoms with Gasteiger partial charge >= 0.3 is 12.0 Å². The van der Waals surface area contributed by atoms with E-state index in [0.29, 0.717) is 30.2 Å². The van der Waals surface area contributed by atoms with Crippen molar-refractivity contribution < 1.29 is 24.2 Å². The van der Waals surface area contributed by atoms with Crippen molar-refractivity contribution in [3.8, 4) is 5.75 Å². The van der Waals surface area contributed by atoms with Crippen molar-refractivity contribution in [3.63, 3.8) is 0 Å². The zero-order chi connectivity index (χ0) is 28.4. The Bertz CT molecular complexity index is 1290. The summed E-state index contributed by atoms with van der Waals surface area (Å²) in [4.78, 5) is 40.4. The van der Waals surface area contributed by atoms with Crippen LogP contribution in [0.5, 0.6) is 5.75 Å². The summed E-state index contributed by atoms with van der Waals surface area (Å²) in [5, 5.41) is 14.8. The maximum absolute atomic E-state index is 13.0. The summed E-state index contributed by atoms with van der Waals surface area (Å²) in [5.74, 6) is -0.547. The molecular weight excluding hydrogens is 496 g/mol. The number of urea groups is 1. The topological polar surface area (TPSA) is 111 Å². The fourth-order valence-corrected chi connectivity index (χ4v) is 4.10. The number of likely N-dealkylation sites (N-methyl/N-ethyl adjacent to an activating group) is 1. The summed E-state index contributed by atoms with van der Waals surface area (Å²) in [6.07, 6.45) is 1.10. The number of carboxylic acid groups (broad SMARTS) is 1. The number of methoxy groups -OCH3 is 1. The molecule has 0 atom stereocenters. The molecule has 0 spiro atoms. The lowest BCUT2D eigenvalue weighted by molar-refractivity contribution is -0.129. The number of anilines is 3. The SMILES string of the molecule is CCCN(CCN(C)C(=O)Cc1ccc(NC(=O)Nc2ccccc2C)c(OC)c1)c1ccc(C(=O)O)cc1. The number of nitrogens with one attached hydrogen (secondary N) is 2. The van der Waals surface area contributed by atoms with Gasteiger partial charge < -0.3 is 30.3 Å². The number of benzene rings is 3. The third-order valence-electron chi connectivity index (χ3n) is 6.37. The van der Waals surface area contributed by atoms with Crippen LogP contribution < -0.4 is 20.3 Å². The number of carboxylic acids is 1. The molecule has 0 heterocycles. The quantitative estimate of drug-likeness (QED) is 0.293. The molecule has 3 aromatic rings. The molecule has 0 fully saturated rings. The van der Waals surface area contributed by atoms with E-state index >= 15 is 0 Å². The highest BCUT2D eigenvalue weighted by atomic mass is 16.5. The first kappa shape index (κ1) is 29.0.